The Morgan fingerprint density at radius 1 is 1.21 bits per heavy atom. The number of nitrogens with zero attached hydrogens (tertiary/aromatic N) is 1. The summed E-state index contributed by atoms with van der Waals surface area (Å²) in [6, 6.07) is 5.69. The summed E-state index contributed by atoms with van der Waals surface area (Å²) in [5, 5.41) is 20.4. The fourth-order valence-electron chi connectivity index (χ4n) is 3.32. The van der Waals surface area contributed by atoms with Crippen LogP contribution in [0.2, 0.25) is 0 Å². The van der Waals surface area contributed by atoms with E-state index in [1.165, 1.54) is 17.0 Å². The lowest BCUT2D eigenvalue weighted by Gasteiger charge is -2.49. The van der Waals surface area contributed by atoms with Gasteiger partial charge in [0, 0.05) is 16.5 Å². The molecule has 3 rings (SSSR count). The first kappa shape index (κ1) is 26.9. The van der Waals surface area contributed by atoms with Gasteiger partial charge in [0.05, 0.1) is 30.0 Å². The number of carbonyl (C=O) groups is 2. The van der Waals surface area contributed by atoms with Gasteiger partial charge in [-0.1, -0.05) is 13.3 Å². The van der Waals surface area contributed by atoms with E-state index in [1.54, 1.807) is 6.07 Å². The zero-order valence-electron chi connectivity index (χ0n) is 18.0. The Balaban J connectivity index is 0.000000890. The molecule has 1 heterocycles. The van der Waals surface area contributed by atoms with Crippen LogP contribution in [-0.2, 0) is 4.79 Å². The zero-order chi connectivity index (χ0) is 24.9. The highest BCUT2D eigenvalue weighted by Crippen LogP contribution is 2.33. The molecule has 11 heteroatoms. The highest BCUT2D eigenvalue weighted by atomic mass is 127. The number of β-amino-alcohol motifs (C(OH)–C–C–N with tert-alkyl or cyclic N) is 1. The molecule has 1 atom stereocenters. The summed E-state index contributed by atoms with van der Waals surface area (Å²) in [6.45, 7) is 3.00. The van der Waals surface area contributed by atoms with Gasteiger partial charge in [0.15, 0.2) is 11.6 Å². The molecule has 7 nitrogen and oxygen atoms in total. The normalized spacial score (nSPS) is 15.1. The fraction of sp³-hybridized carbons (Fsp3) is 0.364. The number of nitrogens with one attached hydrogen (secondary N) is 1. The van der Waals surface area contributed by atoms with Crippen molar-refractivity contribution in [3.63, 3.8) is 0 Å². The monoisotopic (exact) mass is 579 g/mol. The van der Waals surface area contributed by atoms with Crippen LogP contribution in [0.3, 0.4) is 0 Å². The fourth-order valence-corrected chi connectivity index (χ4v) is 3.77. The van der Waals surface area contributed by atoms with Crippen molar-refractivity contribution in [1.29, 1.82) is 0 Å². The van der Waals surface area contributed by atoms with Crippen LogP contribution in [0.4, 0.5) is 24.5 Å². The molecule has 180 valence electrons. The number of aliphatic carboxylic acids is 1. The number of rotatable bonds is 6. The number of halogens is 4. The number of hydrogen-bond donors (Lipinski definition) is 4. The number of amides is 1. The van der Waals surface area contributed by atoms with Crippen LogP contribution < -0.4 is 11.1 Å². The van der Waals surface area contributed by atoms with Crippen molar-refractivity contribution < 1.29 is 33.0 Å². The third-order valence-corrected chi connectivity index (χ3v) is 5.69. The van der Waals surface area contributed by atoms with E-state index in [1.807, 2.05) is 29.5 Å². The van der Waals surface area contributed by atoms with Gasteiger partial charge in [0.25, 0.3) is 11.9 Å². The number of benzene rings is 2. The van der Waals surface area contributed by atoms with Crippen molar-refractivity contribution >= 4 is 45.8 Å². The van der Waals surface area contributed by atoms with Gasteiger partial charge in [-0.2, -0.15) is 0 Å². The molecule has 0 radical (unpaired) electrons. The molecule has 0 aromatic heterocycles. The molecule has 0 saturated carbocycles. The molecule has 2 aromatic rings. The Hall–Kier alpha value is -2.38. The molecule has 0 spiro atoms. The van der Waals surface area contributed by atoms with Gasteiger partial charge < -0.3 is 26.2 Å². The quantitative estimate of drug-likeness (QED) is 0.387. The average Bonchev–Trinajstić information content (AvgIpc) is 2.70. The van der Waals surface area contributed by atoms with E-state index in [2.05, 4.69) is 5.32 Å². The van der Waals surface area contributed by atoms with Crippen molar-refractivity contribution in [3.05, 3.63) is 56.9 Å². The van der Waals surface area contributed by atoms with Gasteiger partial charge in [-0.05, 0) is 59.3 Å². The van der Waals surface area contributed by atoms with Crippen LogP contribution >= 0.6 is 22.6 Å². The maximum absolute atomic E-state index is 14.5. The molecular weight excluding hydrogens is 554 g/mol. The minimum absolute atomic E-state index is 0.0106. The summed E-state index contributed by atoms with van der Waals surface area (Å²) in [4.78, 5) is 23.2. The summed E-state index contributed by atoms with van der Waals surface area (Å²) in [7, 11) is 0. The van der Waals surface area contributed by atoms with Gasteiger partial charge in [0.2, 0.25) is 0 Å². The zero-order valence-corrected chi connectivity index (χ0v) is 20.2. The summed E-state index contributed by atoms with van der Waals surface area (Å²) in [5.74, 6) is -4.55. The first-order chi connectivity index (χ1) is 15.4. The maximum atomic E-state index is 14.5. The summed E-state index contributed by atoms with van der Waals surface area (Å²) >= 11 is 1.92. The predicted molar refractivity (Wildman–Crippen MR) is 126 cm³/mol. The van der Waals surface area contributed by atoms with Crippen LogP contribution in [0.5, 0.6) is 0 Å². The molecule has 1 aliphatic rings. The lowest BCUT2D eigenvalue weighted by molar-refractivity contribution is -0.134. The van der Waals surface area contributed by atoms with Crippen molar-refractivity contribution in [3.8, 4) is 0 Å². The smallest absolute Gasteiger partial charge is 0.300 e. The van der Waals surface area contributed by atoms with E-state index in [9.17, 15) is 23.1 Å². The van der Waals surface area contributed by atoms with Gasteiger partial charge in [-0.25, -0.2) is 13.2 Å². The van der Waals surface area contributed by atoms with Crippen LogP contribution in [0.25, 0.3) is 0 Å². The van der Waals surface area contributed by atoms with Crippen LogP contribution in [0.1, 0.15) is 37.0 Å². The van der Waals surface area contributed by atoms with Gasteiger partial charge >= 0.3 is 0 Å². The van der Waals surface area contributed by atoms with Crippen LogP contribution in [0, 0.1) is 21.0 Å². The minimum atomic E-state index is -1.28. The molecular formula is C22H25F3IN3O4. The molecule has 0 aliphatic carbocycles. The Bertz CT molecular complexity index is 1030. The molecule has 0 bridgehead atoms. The van der Waals surface area contributed by atoms with Crippen molar-refractivity contribution in [1.82, 2.24) is 4.90 Å². The molecule has 1 fully saturated rings. The third-order valence-electron chi connectivity index (χ3n) is 5.02. The Labute approximate surface area is 202 Å². The number of carboxylic acids is 1. The molecule has 1 aliphatic heterocycles. The number of carbonyl (C=O) groups excluding carboxylic acids is 1. The number of hydrogen-bond acceptors (Lipinski definition) is 5. The molecule has 5 N–H and O–H groups in total. The van der Waals surface area contributed by atoms with Crippen LogP contribution in [-0.4, -0.2) is 51.7 Å². The molecule has 2 aromatic carbocycles. The highest BCUT2D eigenvalue weighted by molar-refractivity contribution is 14.1. The Morgan fingerprint density at radius 2 is 1.82 bits per heavy atom. The number of carboxylic acid groups (broad SMARTS) is 1. The maximum Gasteiger partial charge on any atom is 0.300 e. The first-order valence-corrected chi connectivity index (χ1v) is 11.1. The van der Waals surface area contributed by atoms with Crippen LogP contribution in [0.15, 0.2) is 30.3 Å². The second-order valence-corrected chi connectivity index (χ2v) is 8.96. The standard InChI is InChI=1S/C20H21F3IN3O2.C2H4O2/c1-2-3-16(25)20(29)9-27(10-20)19(28)12-5-6-13(21)17(23)18(12)26-15-7-4-11(24)8-14(15)22;1-2(3)4/h4-8,16,26,29H,2-3,9-10,25H2,1H3;1H3,(H,3,4). The second-order valence-electron chi connectivity index (χ2n) is 7.71. The largest absolute Gasteiger partial charge is 0.481 e. The van der Waals surface area contributed by atoms with Crippen molar-refractivity contribution in [2.45, 2.75) is 38.3 Å². The predicted octanol–water partition coefficient (Wildman–Crippen LogP) is 3.86. The number of anilines is 2. The van der Waals surface area contributed by atoms with Gasteiger partial charge in [-0.15, -0.1) is 0 Å². The highest BCUT2D eigenvalue weighted by Gasteiger charge is 2.48. The average molecular weight is 579 g/mol. The SMILES string of the molecule is CC(=O)O.CCCC(N)C1(O)CN(C(=O)c2ccc(F)c(F)c2Nc2ccc(I)cc2F)C1. The molecule has 1 saturated heterocycles. The molecule has 1 unspecified atom stereocenters. The van der Waals surface area contributed by atoms with E-state index in [4.69, 9.17) is 15.6 Å². The Morgan fingerprint density at radius 3 is 2.36 bits per heavy atom. The van der Waals surface area contributed by atoms with E-state index in [0.717, 1.165) is 25.5 Å². The Kier molecular flexibility index (Phi) is 9.09. The summed E-state index contributed by atoms with van der Waals surface area (Å²) in [5.41, 5.74) is 4.07. The first-order valence-electron chi connectivity index (χ1n) is 10.1. The van der Waals surface area contributed by atoms with E-state index in [0.29, 0.717) is 9.99 Å². The van der Waals surface area contributed by atoms with E-state index < -0.39 is 46.7 Å². The van der Waals surface area contributed by atoms with Gasteiger partial charge in [-0.3, -0.25) is 9.59 Å². The lowest BCUT2D eigenvalue weighted by Crippen LogP contribution is -2.70. The minimum Gasteiger partial charge on any atom is -0.481 e. The van der Waals surface area contributed by atoms with E-state index in [-0.39, 0.29) is 24.3 Å². The topological polar surface area (TPSA) is 116 Å². The second kappa shape index (κ2) is 11.2. The van der Waals surface area contributed by atoms with Crippen molar-refractivity contribution in [2.24, 2.45) is 5.73 Å². The number of aliphatic hydroxyl groups is 1. The van der Waals surface area contributed by atoms with Crippen molar-refractivity contribution in [2.75, 3.05) is 18.4 Å². The molecule has 33 heavy (non-hydrogen) atoms. The summed E-state index contributed by atoms with van der Waals surface area (Å²) < 4.78 is 43.1. The molecule has 1 amide bonds. The summed E-state index contributed by atoms with van der Waals surface area (Å²) in [6.07, 6.45) is 1.39. The van der Waals surface area contributed by atoms with E-state index >= 15 is 0 Å². The third kappa shape index (κ3) is 6.58. The lowest BCUT2D eigenvalue weighted by atomic mass is 9.83. The number of nitrogens with two attached hydrogens (primary N) is 1. The number of likely N-dealkylation sites (tertiary alicyclic amines) is 1. The van der Waals surface area contributed by atoms with Gasteiger partial charge in [0.1, 0.15) is 11.4 Å².